The number of benzene rings is 2. The lowest BCUT2D eigenvalue weighted by atomic mass is 9.97. The molecule has 0 unspecified atom stereocenters. The lowest BCUT2D eigenvalue weighted by Crippen LogP contribution is -2.41. The number of aryl methyl sites for hydroxylation is 1. The first-order chi connectivity index (χ1) is 14.2. The molecule has 2 amide bonds. The number of aromatic nitrogens is 4. The molecule has 0 aliphatic rings. The monoisotopic (exact) mass is 452 g/mol. The summed E-state index contributed by atoms with van der Waals surface area (Å²) in [7, 11) is 1.62. The maximum Gasteiger partial charge on any atom is 0.341 e. The van der Waals surface area contributed by atoms with Crippen LogP contribution in [-0.4, -0.2) is 42.6 Å². The average molecular weight is 453 g/mol. The van der Waals surface area contributed by atoms with Gasteiger partial charge in [-0.3, -0.25) is 5.21 Å². The summed E-state index contributed by atoms with van der Waals surface area (Å²) >= 11 is 12.5. The second kappa shape index (κ2) is 8.95. The highest BCUT2D eigenvalue weighted by atomic mass is 35.5. The van der Waals surface area contributed by atoms with Crippen LogP contribution in [-0.2, 0) is 13.6 Å². The molecule has 0 bridgehead atoms. The smallest absolute Gasteiger partial charge is 0.332 e. The van der Waals surface area contributed by atoms with Crippen LogP contribution >= 0.6 is 23.2 Å². The summed E-state index contributed by atoms with van der Waals surface area (Å²) < 4.78 is 14.7. The largest absolute Gasteiger partial charge is 0.341 e. The fraction of sp³-hybridized carbons (Fsp3) is 0.263. The Morgan fingerprint density at radius 3 is 2.63 bits per heavy atom. The van der Waals surface area contributed by atoms with E-state index in [1.165, 1.54) is 16.9 Å². The van der Waals surface area contributed by atoms with Crippen molar-refractivity contribution in [2.75, 3.05) is 0 Å². The lowest BCUT2D eigenvalue weighted by molar-refractivity contribution is -0.0678. The van der Waals surface area contributed by atoms with Crippen LogP contribution in [0.4, 0.5) is 9.18 Å². The van der Waals surface area contributed by atoms with E-state index in [9.17, 15) is 14.4 Å². The van der Waals surface area contributed by atoms with Crippen molar-refractivity contribution in [3.8, 4) is 22.5 Å². The third kappa shape index (κ3) is 4.69. The molecule has 1 heterocycles. The summed E-state index contributed by atoms with van der Waals surface area (Å²) in [5.41, 5.74) is 1.76. The zero-order valence-corrected chi connectivity index (χ0v) is 17.9. The highest BCUT2D eigenvalue weighted by Gasteiger charge is 2.19. The topological polar surface area (TPSA) is 96.2 Å². The molecule has 158 valence electrons. The lowest BCUT2D eigenvalue weighted by Gasteiger charge is -2.19. The molecule has 0 spiro atoms. The van der Waals surface area contributed by atoms with Gasteiger partial charge < -0.3 is 5.32 Å². The van der Waals surface area contributed by atoms with Gasteiger partial charge in [0.1, 0.15) is 5.82 Å². The zero-order valence-electron chi connectivity index (χ0n) is 16.4. The first-order valence-corrected chi connectivity index (χ1v) is 9.71. The minimum Gasteiger partial charge on any atom is -0.332 e. The number of tetrazole rings is 1. The van der Waals surface area contributed by atoms with Crippen molar-refractivity contribution in [1.82, 2.24) is 30.6 Å². The molecule has 0 fully saturated rings. The van der Waals surface area contributed by atoms with Crippen molar-refractivity contribution in [2.24, 2.45) is 7.05 Å². The second-order valence-electron chi connectivity index (χ2n) is 6.82. The summed E-state index contributed by atoms with van der Waals surface area (Å²) in [5, 5.41) is 25.3. The van der Waals surface area contributed by atoms with Gasteiger partial charge >= 0.3 is 6.03 Å². The maximum absolute atomic E-state index is 14.7. The molecule has 0 atom stereocenters. The van der Waals surface area contributed by atoms with Gasteiger partial charge in [-0.25, -0.2) is 14.2 Å². The first kappa shape index (κ1) is 21.9. The molecule has 0 saturated carbocycles. The van der Waals surface area contributed by atoms with Crippen LogP contribution in [0.15, 0.2) is 30.3 Å². The van der Waals surface area contributed by atoms with E-state index in [4.69, 9.17) is 23.2 Å². The van der Waals surface area contributed by atoms with Crippen molar-refractivity contribution < 1.29 is 14.4 Å². The van der Waals surface area contributed by atoms with Crippen LogP contribution in [0.1, 0.15) is 19.4 Å². The number of nitrogens with one attached hydrogen (secondary N) is 1. The van der Waals surface area contributed by atoms with E-state index in [0.717, 1.165) is 0 Å². The number of halogens is 3. The molecule has 3 rings (SSSR count). The summed E-state index contributed by atoms with van der Waals surface area (Å²) in [6.45, 7) is 3.20. The molecule has 0 saturated heterocycles. The molecule has 0 aliphatic heterocycles. The highest BCUT2D eigenvalue weighted by Crippen LogP contribution is 2.38. The van der Waals surface area contributed by atoms with Crippen molar-refractivity contribution >= 4 is 29.2 Å². The van der Waals surface area contributed by atoms with Gasteiger partial charge in [0.15, 0.2) is 0 Å². The van der Waals surface area contributed by atoms with E-state index in [2.05, 4.69) is 20.7 Å². The molecule has 0 aliphatic carbocycles. The Bertz CT molecular complexity index is 1090. The Kier molecular flexibility index (Phi) is 6.55. The minimum absolute atomic E-state index is 0.0936. The second-order valence-corrected chi connectivity index (χ2v) is 7.66. The summed E-state index contributed by atoms with van der Waals surface area (Å²) in [5.74, 6) is -0.265. The molecule has 30 heavy (non-hydrogen) atoms. The standard InChI is InChI=1S/C19H19Cl2FN6O2/c1-10(2)28(30)19(29)23-9-12-5-4-11(6-16(12)22)14-7-13(20)8-15(21)17(14)18-24-26-27(3)25-18/h4-8,10,30H,9H2,1-3H3,(H,23,29). The number of amides is 2. The van der Waals surface area contributed by atoms with Crippen LogP contribution in [0.25, 0.3) is 22.5 Å². The third-order valence-electron chi connectivity index (χ3n) is 4.28. The fourth-order valence-corrected chi connectivity index (χ4v) is 3.34. The molecule has 2 N–H and O–H groups in total. The number of rotatable bonds is 5. The molecular formula is C19H19Cl2FN6O2. The van der Waals surface area contributed by atoms with E-state index in [-0.39, 0.29) is 17.9 Å². The summed E-state index contributed by atoms with van der Waals surface area (Å²) in [4.78, 5) is 13.1. The van der Waals surface area contributed by atoms with Gasteiger partial charge in [0.25, 0.3) is 0 Å². The van der Waals surface area contributed by atoms with Crippen molar-refractivity contribution in [3.63, 3.8) is 0 Å². The van der Waals surface area contributed by atoms with Gasteiger partial charge in [-0.2, -0.15) is 4.80 Å². The quantitative estimate of drug-likeness (QED) is 0.444. The summed E-state index contributed by atoms with van der Waals surface area (Å²) in [6, 6.07) is 6.58. The zero-order chi connectivity index (χ0) is 22.0. The number of urea groups is 1. The number of carbonyl (C=O) groups is 1. The minimum atomic E-state index is -0.717. The number of hydrogen-bond acceptors (Lipinski definition) is 5. The van der Waals surface area contributed by atoms with Crippen molar-refractivity contribution in [3.05, 3.63) is 51.8 Å². The Morgan fingerprint density at radius 1 is 1.30 bits per heavy atom. The van der Waals surface area contributed by atoms with E-state index < -0.39 is 17.9 Å². The molecular weight excluding hydrogens is 434 g/mol. The number of hydrogen-bond donors (Lipinski definition) is 2. The Morgan fingerprint density at radius 2 is 2.03 bits per heavy atom. The fourth-order valence-electron chi connectivity index (χ4n) is 2.76. The van der Waals surface area contributed by atoms with Crippen LogP contribution in [0, 0.1) is 5.82 Å². The van der Waals surface area contributed by atoms with Gasteiger partial charge in [0.05, 0.1) is 18.1 Å². The normalized spacial score (nSPS) is 11.1. The predicted octanol–water partition coefficient (Wildman–Crippen LogP) is 4.30. The van der Waals surface area contributed by atoms with E-state index in [1.807, 2.05) is 0 Å². The molecule has 8 nitrogen and oxygen atoms in total. The molecule has 0 radical (unpaired) electrons. The van der Waals surface area contributed by atoms with Crippen LogP contribution in [0.2, 0.25) is 10.0 Å². The Hall–Kier alpha value is -2.75. The van der Waals surface area contributed by atoms with E-state index >= 15 is 0 Å². The SMILES string of the molecule is CC(C)N(O)C(=O)NCc1ccc(-c2cc(Cl)cc(Cl)c2-c2nnn(C)n2)cc1F. The van der Waals surface area contributed by atoms with Gasteiger partial charge in [0.2, 0.25) is 5.82 Å². The Balaban J connectivity index is 1.93. The van der Waals surface area contributed by atoms with Crippen LogP contribution in [0.3, 0.4) is 0 Å². The van der Waals surface area contributed by atoms with Crippen LogP contribution < -0.4 is 5.32 Å². The molecule has 2 aromatic carbocycles. The third-order valence-corrected chi connectivity index (χ3v) is 4.79. The van der Waals surface area contributed by atoms with Crippen molar-refractivity contribution in [1.29, 1.82) is 0 Å². The average Bonchev–Trinajstić information content (AvgIpc) is 3.11. The first-order valence-electron chi connectivity index (χ1n) is 8.95. The Labute approximate surface area is 182 Å². The summed E-state index contributed by atoms with van der Waals surface area (Å²) in [6.07, 6.45) is 0. The number of hydroxylamine groups is 2. The molecule has 1 aromatic heterocycles. The molecule has 11 heteroatoms. The van der Waals surface area contributed by atoms with Gasteiger partial charge in [0, 0.05) is 22.7 Å². The van der Waals surface area contributed by atoms with Gasteiger partial charge in [-0.1, -0.05) is 35.3 Å². The van der Waals surface area contributed by atoms with Crippen molar-refractivity contribution in [2.45, 2.75) is 26.4 Å². The van der Waals surface area contributed by atoms with Gasteiger partial charge in [-0.05, 0) is 48.4 Å². The molecule has 3 aromatic rings. The van der Waals surface area contributed by atoms with E-state index in [1.54, 1.807) is 39.1 Å². The van der Waals surface area contributed by atoms with E-state index in [0.29, 0.717) is 31.8 Å². The number of nitrogens with zero attached hydrogens (tertiary/aromatic N) is 5. The van der Waals surface area contributed by atoms with Crippen LogP contribution in [0.5, 0.6) is 0 Å². The maximum atomic E-state index is 14.7. The van der Waals surface area contributed by atoms with Gasteiger partial charge in [-0.15, -0.1) is 10.2 Å². The predicted molar refractivity (Wildman–Crippen MR) is 111 cm³/mol. The highest BCUT2D eigenvalue weighted by molar-refractivity contribution is 6.37. The number of carbonyl (C=O) groups excluding carboxylic acids is 1.